The third-order valence-corrected chi connectivity index (χ3v) is 3.92. The normalized spacial score (nSPS) is 23.6. The first kappa shape index (κ1) is 13.1. The number of hydrogen-bond donors (Lipinski definition) is 1. The molecule has 1 aromatic carbocycles. The highest BCUT2D eigenvalue weighted by Crippen LogP contribution is 2.38. The summed E-state index contributed by atoms with van der Waals surface area (Å²) in [6, 6.07) is 3.04. The molecule has 1 N–H and O–H groups in total. The van der Waals surface area contributed by atoms with Crippen molar-refractivity contribution in [1.82, 2.24) is 5.32 Å². The van der Waals surface area contributed by atoms with Crippen molar-refractivity contribution in [2.24, 2.45) is 11.3 Å². The van der Waals surface area contributed by atoms with Crippen molar-refractivity contribution in [2.75, 3.05) is 13.1 Å². The first-order valence-electron chi connectivity index (χ1n) is 6.18. The molecule has 18 heavy (non-hydrogen) atoms. The van der Waals surface area contributed by atoms with Crippen molar-refractivity contribution in [1.29, 1.82) is 0 Å². The lowest BCUT2D eigenvalue weighted by molar-refractivity contribution is 0.0735. The van der Waals surface area contributed by atoms with Crippen molar-refractivity contribution >= 4 is 5.78 Å². The predicted octanol–water partition coefficient (Wildman–Crippen LogP) is 2.78. The van der Waals surface area contributed by atoms with E-state index in [2.05, 4.69) is 5.32 Å². The minimum atomic E-state index is -0.645. The van der Waals surface area contributed by atoms with Crippen LogP contribution in [0.25, 0.3) is 0 Å². The van der Waals surface area contributed by atoms with Gasteiger partial charge in [0.1, 0.15) is 11.6 Å². The Labute approximate surface area is 105 Å². The average molecular weight is 253 g/mol. The van der Waals surface area contributed by atoms with Crippen molar-refractivity contribution in [3.63, 3.8) is 0 Å². The molecule has 0 bridgehead atoms. The van der Waals surface area contributed by atoms with Gasteiger partial charge in [0.15, 0.2) is 5.78 Å². The van der Waals surface area contributed by atoms with Crippen LogP contribution in [-0.2, 0) is 0 Å². The van der Waals surface area contributed by atoms with Crippen LogP contribution in [0.5, 0.6) is 0 Å². The molecule has 4 heteroatoms. The second-order valence-corrected chi connectivity index (χ2v) is 5.19. The SMILES string of the molecule is CC(C)C1(C(=O)c2cc(F)ccc2F)CCNC1. The molecule has 0 radical (unpaired) electrons. The zero-order chi connectivity index (χ0) is 13.3. The highest BCUT2D eigenvalue weighted by atomic mass is 19.1. The maximum atomic E-state index is 13.7. The number of Topliss-reactive ketones (excluding diaryl/α,β-unsaturated/α-hetero) is 1. The topological polar surface area (TPSA) is 29.1 Å². The summed E-state index contributed by atoms with van der Waals surface area (Å²) in [5, 5.41) is 3.14. The monoisotopic (exact) mass is 253 g/mol. The Balaban J connectivity index is 2.43. The van der Waals surface area contributed by atoms with Gasteiger partial charge in [-0.15, -0.1) is 0 Å². The van der Waals surface area contributed by atoms with Crippen molar-refractivity contribution in [3.8, 4) is 0 Å². The molecule has 1 aliphatic rings. The summed E-state index contributed by atoms with van der Waals surface area (Å²) < 4.78 is 26.9. The first-order chi connectivity index (χ1) is 8.47. The smallest absolute Gasteiger partial charge is 0.173 e. The van der Waals surface area contributed by atoms with Crippen molar-refractivity contribution < 1.29 is 13.6 Å². The molecule has 1 unspecified atom stereocenters. The number of carbonyl (C=O) groups excluding carboxylic acids is 1. The quantitative estimate of drug-likeness (QED) is 0.839. The van der Waals surface area contributed by atoms with Crippen LogP contribution in [0.3, 0.4) is 0 Å². The van der Waals surface area contributed by atoms with E-state index in [0.29, 0.717) is 13.0 Å². The lowest BCUT2D eigenvalue weighted by Gasteiger charge is -2.31. The number of benzene rings is 1. The third kappa shape index (κ3) is 2.05. The molecule has 0 aliphatic carbocycles. The van der Waals surface area contributed by atoms with Crippen LogP contribution in [0.15, 0.2) is 18.2 Å². The Hall–Kier alpha value is -1.29. The maximum absolute atomic E-state index is 13.7. The zero-order valence-corrected chi connectivity index (χ0v) is 10.6. The van der Waals surface area contributed by atoms with Gasteiger partial charge in [0.05, 0.1) is 5.56 Å². The Morgan fingerprint density at radius 3 is 2.67 bits per heavy atom. The number of nitrogens with one attached hydrogen (secondary N) is 1. The van der Waals surface area contributed by atoms with Crippen LogP contribution in [-0.4, -0.2) is 18.9 Å². The van der Waals surface area contributed by atoms with Gasteiger partial charge in [-0.1, -0.05) is 13.8 Å². The van der Waals surface area contributed by atoms with Gasteiger partial charge < -0.3 is 5.32 Å². The van der Waals surface area contributed by atoms with E-state index in [1.54, 1.807) is 0 Å². The van der Waals surface area contributed by atoms with Gasteiger partial charge in [-0.05, 0) is 37.1 Å². The molecule has 1 aliphatic heterocycles. The zero-order valence-electron chi connectivity index (χ0n) is 10.6. The van der Waals surface area contributed by atoms with E-state index in [1.165, 1.54) is 0 Å². The summed E-state index contributed by atoms with van der Waals surface area (Å²) in [6.07, 6.45) is 0.666. The fourth-order valence-corrected chi connectivity index (χ4v) is 2.60. The highest BCUT2D eigenvalue weighted by molar-refractivity contribution is 6.01. The van der Waals surface area contributed by atoms with Crippen molar-refractivity contribution in [2.45, 2.75) is 20.3 Å². The summed E-state index contributed by atoms with van der Waals surface area (Å²) in [5.74, 6) is -1.43. The Morgan fingerprint density at radius 1 is 1.39 bits per heavy atom. The molecule has 2 rings (SSSR count). The summed E-state index contributed by atoms with van der Waals surface area (Å²) in [5.41, 5.74) is -0.748. The van der Waals surface area contributed by atoms with E-state index >= 15 is 0 Å². The molecule has 0 spiro atoms. The molecule has 0 amide bonds. The molecule has 1 saturated heterocycles. The molecule has 1 fully saturated rings. The summed E-state index contributed by atoms with van der Waals surface area (Å²) >= 11 is 0. The van der Waals surface area contributed by atoms with Crippen LogP contribution >= 0.6 is 0 Å². The van der Waals surface area contributed by atoms with Gasteiger partial charge >= 0.3 is 0 Å². The molecular formula is C14H17F2NO. The Kier molecular flexibility index (Phi) is 3.48. The van der Waals surface area contributed by atoms with E-state index in [9.17, 15) is 13.6 Å². The highest BCUT2D eigenvalue weighted by Gasteiger charge is 2.44. The first-order valence-corrected chi connectivity index (χ1v) is 6.18. The summed E-state index contributed by atoms with van der Waals surface area (Å²) in [6.45, 7) is 5.16. The van der Waals surface area contributed by atoms with E-state index in [0.717, 1.165) is 24.7 Å². The third-order valence-electron chi connectivity index (χ3n) is 3.92. The minimum Gasteiger partial charge on any atom is -0.316 e. The lowest BCUT2D eigenvalue weighted by Crippen LogP contribution is -2.39. The van der Waals surface area contributed by atoms with Crippen LogP contribution in [0, 0.1) is 23.0 Å². The summed E-state index contributed by atoms with van der Waals surface area (Å²) in [4.78, 5) is 12.5. The fourth-order valence-electron chi connectivity index (χ4n) is 2.60. The van der Waals surface area contributed by atoms with Gasteiger partial charge in [-0.2, -0.15) is 0 Å². The summed E-state index contributed by atoms with van der Waals surface area (Å²) in [7, 11) is 0. The molecule has 98 valence electrons. The fraction of sp³-hybridized carbons (Fsp3) is 0.500. The molecule has 2 nitrogen and oxygen atoms in total. The van der Waals surface area contributed by atoms with Crippen LogP contribution in [0.4, 0.5) is 8.78 Å². The molecule has 1 heterocycles. The maximum Gasteiger partial charge on any atom is 0.173 e. The van der Waals surface area contributed by atoms with Gasteiger partial charge in [0, 0.05) is 12.0 Å². The van der Waals surface area contributed by atoms with Gasteiger partial charge in [-0.3, -0.25) is 4.79 Å². The van der Waals surface area contributed by atoms with E-state index in [-0.39, 0.29) is 17.3 Å². The van der Waals surface area contributed by atoms with Gasteiger partial charge in [0.25, 0.3) is 0 Å². The van der Waals surface area contributed by atoms with E-state index in [4.69, 9.17) is 0 Å². The van der Waals surface area contributed by atoms with Crippen LogP contribution < -0.4 is 5.32 Å². The Bertz CT molecular complexity index is 465. The molecule has 1 atom stereocenters. The standard InChI is InChI=1S/C14H17F2NO/c1-9(2)14(5-6-17-8-14)13(18)11-7-10(15)3-4-12(11)16/h3-4,7,9,17H,5-6,8H2,1-2H3. The van der Waals surface area contributed by atoms with Crippen LogP contribution in [0.1, 0.15) is 30.6 Å². The predicted molar refractivity (Wildman–Crippen MR) is 65.4 cm³/mol. The molecular weight excluding hydrogens is 236 g/mol. The Morgan fingerprint density at radius 2 is 2.11 bits per heavy atom. The van der Waals surface area contributed by atoms with Crippen molar-refractivity contribution in [3.05, 3.63) is 35.4 Å². The van der Waals surface area contributed by atoms with E-state index in [1.807, 2.05) is 13.8 Å². The average Bonchev–Trinajstić information content (AvgIpc) is 2.82. The van der Waals surface area contributed by atoms with E-state index < -0.39 is 17.0 Å². The molecule has 1 aromatic rings. The van der Waals surface area contributed by atoms with Crippen LogP contribution in [0.2, 0.25) is 0 Å². The second kappa shape index (κ2) is 4.76. The molecule has 0 aromatic heterocycles. The number of ketones is 1. The second-order valence-electron chi connectivity index (χ2n) is 5.19. The number of hydrogen-bond acceptors (Lipinski definition) is 2. The van der Waals surface area contributed by atoms with Gasteiger partial charge in [0.2, 0.25) is 0 Å². The largest absolute Gasteiger partial charge is 0.316 e. The number of rotatable bonds is 3. The lowest BCUT2D eigenvalue weighted by atomic mass is 9.71. The minimum absolute atomic E-state index is 0.0858. The molecule has 0 saturated carbocycles. The number of halogens is 2. The van der Waals surface area contributed by atoms with Gasteiger partial charge in [-0.25, -0.2) is 8.78 Å². The number of carbonyl (C=O) groups is 1.